The zero-order valence-electron chi connectivity index (χ0n) is 13.1. The molecule has 1 aliphatic carbocycles. The number of benzene rings is 1. The summed E-state index contributed by atoms with van der Waals surface area (Å²) < 4.78 is 5.87. The highest BCUT2D eigenvalue weighted by molar-refractivity contribution is 5.19. The van der Waals surface area contributed by atoms with Gasteiger partial charge in [0, 0.05) is 13.2 Å². The standard InChI is InChI=1S/C18H29NO/c1-4-14-10-8-9-13-16(14)17(19-2)18(20-3)15-11-6-5-7-12-15/h5-7,11-12,14,16-19H,4,8-10,13H2,1-3H3. The van der Waals surface area contributed by atoms with Gasteiger partial charge in [-0.15, -0.1) is 0 Å². The van der Waals surface area contributed by atoms with Crippen LogP contribution in [0, 0.1) is 11.8 Å². The topological polar surface area (TPSA) is 21.3 Å². The SMILES string of the molecule is CCC1CCCCC1C(NC)C(OC)c1ccccc1. The van der Waals surface area contributed by atoms with Crippen LogP contribution in [-0.4, -0.2) is 20.2 Å². The van der Waals surface area contributed by atoms with Gasteiger partial charge in [0.25, 0.3) is 0 Å². The third-order valence-corrected chi connectivity index (χ3v) is 5.00. The molecule has 1 fully saturated rings. The van der Waals surface area contributed by atoms with Crippen LogP contribution in [0.4, 0.5) is 0 Å². The van der Waals surface area contributed by atoms with E-state index < -0.39 is 0 Å². The van der Waals surface area contributed by atoms with Crippen LogP contribution in [0.2, 0.25) is 0 Å². The Labute approximate surface area is 123 Å². The lowest BCUT2D eigenvalue weighted by Gasteiger charge is -2.40. The first kappa shape index (κ1) is 15.5. The minimum absolute atomic E-state index is 0.151. The molecule has 0 aromatic heterocycles. The molecule has 1 aromatic carbocycles. The summed E-state index contributed by atoms with van der Waals surface area (Å²) >= 11 is 0. The van der Waals surface area contributed by atoms with Crippen LogP contribution in [0.3, 0.4) is 0 Å². The molecule has 1 aromatic rings. The second kappa shape index (κ2) is 7.80. The first-order chi connectivity index (χ1) is 9.81. The molecule has 0 amide bonds. The normalized spacial score (nSPS) is 26.1. The lowest BCUT2D eigenvalue weighted by molar-refractivity contribution is 0.0246. The molecule has 2 nitrogen and oxygen atoms in total. The van der Waals surface area contributed by atoms with Crippen LogP contribution < -0.4 is 5.32 Å². The van der Waals surface area contributed by atoms with Gasteiger partial charge >= 0.3 is 0 Å². The quantitative estimate of drug-likeness (QED) is 0.841. The number of hydrogen-bond donors (Lipinski definition) is 1. The van der Waals surface area contributed by atoms with Crippen molar-refractivity contribution < 1.29 is 4.74 Å². The molecular formula is C18H29NO. The van der Waals surface area contributed by atoms with Crippen molar-refractivity contribution in [2.75, 3.05) is 14.2 Å². The van der Waals surface area contributed by atoms with Crippen LogP contribution in [0.5, 0.6) is 0 Å². The Morgan fingerprint density at radius 2 is 1.90 bits per heavy atom. The molecule has 20 heavy (non-hydrogen) atoms. The van der Waals surface area contributed by atoms with Crippen LogP contribution in [0.25, 0.3) is 0 Å². The molecule has 2 rings (SSSR count). The molecule has 0 heterocycles. The number of rotatable bonds is 6. The first-order valence-corrected chi connectivity index (χ1v) is 8.06. The molecular weight excluding hydrogens is 246 g/mol. The van der Waals surface area contributed by atoms with E-state index in [4.69, 9.17) is 4.74 Å². The number of likely N-dealkylation sites (N-methyl/N-ethyl adjacent to an activating group) is 1. The van der Waals surface area contributed by atoms with E-state index in [1.54, 1.807) is 0 Å². The summed E-state index contributed by atoms with van der Waals surface area (Å²) in [5.41, 5.74) is 1.29. The zero-order chi connectivity index (χ0) is 14.4. The molecule has 0 bridgehead atoms. The van der Waals surface area contributed by atoms with Crippen molar-refractivity contribution in [3.8, 4) is 0 Å². The average molecular weight is 275 g/mol. The predicted octanol–water partition coefficient (Wildman–Crippen LogP) is 4.18. The van der Waals surface area contributed by atoms with Gasteiger partial charge in [-0.1, -0.05) is 62.9 Å². The summed E-state index contributed by atoms with van der Waals surface area (Å²) in [6, 6.07) is 11.1. The molecule has 1 N–H and O–H groups in total. The van der Waals surface area contributed by atoms with E-state index >= 15 is 0 Å². The predicted molar refractivity (Wildman–Crippen MR) is 84.8 cm³/mol. The summed E-state index contributed by atoms with van der Waals surface area (Å²) in [5, 5.41) is 3.56. The first-order valence-electron chi connectivity index (χ1n) is 8.06. The van der Waals surface area contributed by atoms with Gasteiger partial charge in [-0.25, -0.2) is 0 Å². The van der Waals surface area contributed by atoms with Gasteiger partial charge in [-0.2, -0.15) is 0 Å². The molecule has 4 unspecified atom stereocenters. The summed E-state index contributed by atoms with van der Waals surface area (Å²) in [5.74, 6) is 1.56. The smallest absolute Gasteiger partial charge is 0.0976 e. The molecule has 0 saturated heterocycles. The summed E-state index contributed by atoms with van der Waals surface area (Å²) in [6.45, 7) is 2.33. The van der Waals surface area contributed by atoms with Crippen molar-refractivity contribution in [2.24, 2.45) is 11.8 Å². The monoisotopic (exact) mass is 275 g/mol. The van der Waals surface area contributed by atoms with E-state index in [-0.39, 0.29) is 6.10 Å². The minimum Gasteiger partial charge on any atom is -0.375 e. The summed E-state index contributed by atoms with van der Waals surface area (Å²) in [7, 11) is 3.92. The molecule has 1 saturated carbocycles. The van der Waals surface area contributed by atoms with Gasteiger partial charge < -0.3 is 10.1 Å². The lowest BCUT2D eigenvalue weighted by Crippen LogP contribution is -2.44. The Morgan fingerprint density at radius 3 is 2.50 bits per heavy atom. The fourth-order valence-electron chi connectivity index (χ4n) is 3.94. The van der Waals surface area contributed by atoms with Gasteiger partial charge in [0.1, 0.15) is 0 Å². The minimum atomic E-state index is 0.151. The molecule has 4 atom stereocenters. The fraction of sp³-hybridized carbons (Fsp3) is 0.667. The third-order valence-electron chi connectivity index (χ3n) is 5.00. The molecule has 0 spiro atoms. The van der Waals surface area contributed by atoms with Crippen molar-refractivity contribution in [3.05, 3.63) is 35.9 Å². The molecule has 1 aliphatic rings. The van der Waals surface area contributed by atoms with Crippen molar-refractivity contribution >= 4 is 0 Å². The summed E-state index contributed by atoms with van der Waals surface area (Å²) in [4.78, 5) is 0. The zero-order valence-corrected chi connectivity index (χ0v) is 13.1. The maximum atomic E-state index is 5.87. The number of hydrogen-bond acceptors (Lipinski definition) is 2. The van der Waals surface area contributed by atoms with E-state index in [0.29, 0.717) is 6.04 Å². The van der Waals surface area contributed by atoms with Crippen molar-refractivity contribution in [1.82, 2.24) is 5.32 Å². The third kappa shape index (κ3) is 3.42. The van der Waals surface area contributed by atoms with E-state index in [2.05, 4.69) is 49.6 Å². The van der Waals surface area contributed by atoms with Gasteiger partial charge in [0.05, 0.1) is 6.10 Å². The number of methoxy groups -OCH3 is 1. The largest absolute Gasteiger partial charge is 0.375 e. The number of ether oxygens (including phenoxy) is 1. The highest BCUT2D eigenvalue weighted by Gasteiger charge is 2.35. The van der Waals surface area contributed by atoms with Crippen molar-refractivity contribution in [3.63, 3.8) is 0 Å². The van der Waals surface area contributed by atoms with Crippen molar-refractivity contribution in [1.29, 1.82) is 0 Å². The van der Waals surface area contributed by atoms with E-state index in [1.165, 1.54) is 37.7 Å². The van der Waals surface area contributed by atoms with Crippen LogP contribution >= 0.6 is 0 Å². The molecule has 2 heteroatoms. The number of nitrogens with one attached hydrogen (secondary N) is 1. The fourth-order valence-corrected chi connectivity index (χ4v) is 3.94. The Bertz CT molecular complexity index is 378. The van der Waals surface area contributed by atoms with Crippen LogP contribution in [-0.2, 0) is 4.74 Å². The van der Waals surface area contributed by atoms with Gasteiger partial charge in [0.15, 0.2) is 0 Å². The second-order valence-electron chi connectivity index (χ2n) is 6.00. The van der Waals surface area contributed by atoms with Gasteiger partial charge in [-0.3, -0.25) is 0 Å². The Hall–Kier alpha value is -0.860. The van der Waals surface area contributed by atoms with Gasteiger partial charge in [0.2, 0.25) is 0 Å². The van der Waals surface area contributed by atoms with E-state index in [0.717, 1.165) is 11.8 Å². The highest BCUT2D eigenvalue weighted by Crippen LogP contribution is 2.39. The van der Waals surface area contributed by atoms with E-state index in [1.807, 2.05) is 7.11 Å². The Kier molecular flexibility index (Phi) is 6.06. The van der Waals surface area contributed by atoms with Crippen LogP contribution in [0.15, 0.2) is 30.3 Å². The van der Waals surface area contributed by atoms with Gasteiger partial charge in [-0.05, 0) is 30.9 Å². The molecule has 0 radical (unpaired) electrons. The lowest BCUT2D eigenvalue weighted by atomic mass is 9.72. The molecule has 0 aliphatic heterocycles. The highest BCUT2D eigenvalue weighted by atomic mass is 16.5. The van der Waals surface area contributed by atoms with Crippen molar-refractivity contribution in [2.45, 2.75) is 51.2 Å². The second-order valence-corrected chi connectivity index (χ2v) is 6.00. The maximum absolute atomic E-state index is 5.87. The van der Waals surface area contributed by atoms with E-state index in [9.17, 15) is 0 Å². The van der Waals surface area contributed by atoms with Crippen LogP contribution in [0.1, 0.15) is 50.7 Å². The Morgan fingerprint density at radius 1 is 1.20 bits per heavy atom. The molecule has 112 valence electrons. The summed E-state index contributed by atoms with van der Waals surface area (Å²) in [6.07, 6.45) is 6.91. The Balaban J connectivity index is 2.20. The average Bonchev–Trinajstić information content (AvgIpc) is 2.53. The maximum Gasteiger partial charge on any atom is 0.0976 e.